The van der Waals surface area contributed by atoms with Gasteiger partial charge in [0, 0.05) is 29.7 Å². The zero-order chi connectivity index (χ0) is 17.1. The highest BCUT2D eigenvalue weighted by Gasteiger charge is 2.14. The summed E-state index contributed by atoms with van der Waals surface area (Å²) >= 11 is 0. The second kappa shape index (κ2) is 6.26. The molecule has 6 nitrogen and oxygen atoms in total. The Labute approximate surface area is 139 Å². The summed E-state index contributed by atoms with van der Waals surface area (Å²) in [7, 11) is 1.92. The maximum atomic E-state index is 5.33. The molecule has 1 aromatic carbocycles. The standard InChI is InChI=1S/C18H16N6/c1-4-6-14(5-2)23(3)17-15-8-7-13(9-10-19)11-16(15)24-12-20-22-18(24)21-17/h4-8,11-12H,1-2,19H2,3H3/b14-6+. The van der Waals surface area contributed by atoms with Crippen molar-refractivity contribution in [1.29, 1.82) is 0 Å². The summed E-state index contributed by atoms with van der Waals surface area (Å²) in [4.78, 5) is 6.55. The van der Waals surface area contributed by atoms with Crippen LogP contribution in [0.15, 0.2) is 61.6 Å². The van der Waals surface area contributed by atoms with E-state index in [-0.39, 0.29) is 0 Å². The van der Waals surface area contributed by atoms with Crippen molar-refractivity contribution >= 4 is 22.5 Å². The number of fused-ring (bicyclic) bond motifs is 3. The molecule has 0 saturated heterocycles. The molecule has 0 aliphatic heterocycles. The van der Waals surface area contributed by atoms with E-state index in [1.807, 2.05) is 40.6 Å². The molecule has 0 aliphatic rings. The maximum absolute atomic E-state index is 5.33. The summed E-state index contributed by atoms with van der Waals surface area (Å²) in [6.45, 7) is 7.58. The van der Waals surface area contributed by atoms with Crippen molar-refractivity contribution in [3.63, 3.8) is 0 Å². The Morgan fingerprint density at radius 2 is 2.21 bits per heavy atom. The van der Waals surface area contributed by atoms with Gasteiger partial charge in [0.25, 0.3) is 5.78 Å². The van der Waals surface area contributed by atoms with Crippen LogP contribution in [-0.4, -0.2) is 26.6 Å². The highest BCUT2D eigenvalue weighted by atomic mass is 15.3. The van der Waals surface area contributed by atoms with Crippen molar-refractivity contribution in [2.45, 2.75) is 0 Å². The zero-order valence-electron chi connectivity index (χ0n) is 13.3. The van der Waals surface area contributed by atoms with E-state index in [4.69, 9.17) is 5.73 Å². The molecule has 3 rings (SSSR count). The Kier molecular flexibility index (Phi) is 4.00. The molecule has 118 valence electrons. The topological polar surface area (TPSA) is 72.3 Å². The molecule has 0 saturated carbocycles. The Morgan fingerprint density at radius 1 is 1.38 bits per heavy atom. The molecule has 24 heavy (non-hydrogen) atoms. The fourth-order valence-corrected chi connectivity index (χ4v) is 2.53. The smallest absolute Gasteiger partial charge is 0.257 e. The van der Waals surface area contributed by atoms with Crippen molar-refractivity contribution in [3.05, 3.63) is 67.2 Å². The lowest BCUT2D eigenvalue weighted by molar-refractivity contribution is 1.06. The van der Waals surface area contributed by atoms with Crippen molar-refractivity contribution < 1.29 is 0 Å². The van der Waals surface area contributed by atoms with Gasteiger partial charge in [0.15, 0.2) is 0 Å². The average Bonchev–Trinajstić information content (AvgIpc) is 3.07. The monoisotopic (exact) mass is 316 g/mol. The van der Waals surface area contributed by atoms with Gasteiger partial charge in [0.2, 0.25) is 0 Å². The van der Waals surface area contributed by atoms with Crippen LogP contribution in [0.2, 0.25) is 0 Å². The molecular formula is C18H16N6. The molecule has 0 fully saturated rings. The number of allylic oxidation sites excluding steroid dienone is 3. The third-order valence-corrected chi connectivity index (χ3v) is 3.65. The Hall–Kier alpha value is -3.59. The maximum Gasteiger partial charge on any atom is 0.257 e. The second-order valence-electron chi connectivity index (χ2n) is 5.03. The fraction of sp³-hybridized carbons (Fsp3) is 0.0556. The first-order chi connectivity index (χ1) is 11.7. The van der Waals surface area contributed by atoms with Gasteiger partial charge < -0.3 is 10.6 Å². The number of rotatable bonds is 4. The fourth-order valence-electron chi connectivity index (χ4n) is 2.53. The van der Waals surface area contributed by atoms with Gasteiger partial charge in [-0.3, -0.25) is 4.40 Å². The molecule has 0 unspecified atom stereocenters. The van der Waals surface area contributed by atoms with E-state index in [0.29, 0.717) is 5.78 Å². The van der Waals surface area contributed by atoms with Gasteiger partial charge >= 0.3 is 0 Å². The number of likely N-dealkylation sites (N-methyl/N-ethyl adjacent to an activating group) is 1. The van der Waals surface area contributed by atoms with E-state index in [1.54, 1.807) is 18.5 Å². The summed E-state index contributed by atoms with van der Waals surface area (Å²) < 4.78 is 1.82. The van der Waals surface area contributed by atoms with Crippen LogP contribution in [0.25, 0.3) is 16.7 Å². The van der Waals surface area contributed by atoms with Crippen LogP contribution in [-0.2, 0) is 0 Å². The summed E-state index contributed by atoms with van der Waals surface area (Å²) in [6.07, 6.45) is 6.95. The molecule has 0 amide bonds. The molecule has 0 spiro atoms. The van der Waals surface area contributed by atoms with E-state index >= 15 is 0 Å². The first kappa shape index (κ1) is 15.3. The molecule has 2 heterocycles. The third kappa shape index (κ3) is 2.48. The highest BCUT2D eigenvalue weighted by Crippen LogP contribution is 2.28. The molecule has 0 bridgehead atoms. The van der Waals surface area contributed by atoms with Crippen molar-refractivity contribution in [1.82, 2.24) is 19.6 Å². The molecule has 0 radical (unpaired) electrons. The number of nitrogens with zero attached hydrogens (tertiary/aromatic N) is 5. The molecule has 3 aromatic rings. The number of aromatic nitrogens is 4. The lowest BCUT2D eigenvalue weighted by atomic mass is 10.1. The first-order valence-corrected chi connectivity index (χ1v) is 7.23. The quantitative estimate of drug-likeness (QED) is 0.454. The van der Waals surface area contributed by atoms with E-state index in [2.05, 4.69) is 40.3 Å². The van der Waals surface area contributed by atoms with Crippen LogP contribution in [0.4, 0.5) is 5.82 Å². The predicted octanol–water partition coefficient (Wildman–Crippen LogP) is 2.24. The number of anilines is 1. The molecule has 0 atom stereocenters. The van der Waals surface area contributed by atoms with Gasteiger partial charge in [-0.05, 0) is 36.3 Å². The largest absolute Gasteiger partial charge is 0.359 e. The van der Waals surface area contributed by atoms with Gasteiger partial charge in [0.05, 0.1) is 5.52 Å². The van der Waals surface area contributed by atoms with Crippen LogP contribution < -0.4 is 10.6 Å². The van der Waals surface area contributed by atoms with Crippen molar-refractivity contribution in [2.75, 3.05) is 11.9 Å². The number of hydrogen-bond acceptors (Lipinski definition) is 5. The highest BCUT2D eigenvalue weighted by molar-refractivity contribution is 5.93. The molecule has 0 aliphatic carbocycles. The van der Waals surface area contributed by atoms with Crippen LogP contribution in [0.5, 0.6) is 0 Å². The van der Waals surface area contributed by atoms with Gasteiger partial charge in [-0.2, -0.15) is 4.98 Å². The van der Waals surface area contributed by atoms with Gasteiger partial charge in [-0.25, -0.2) is 0 Å². The van der Waals surface area contributed by atoms with Crippen LogP contribution in [0, 0.1) is 12.0 Å². The summed E-state index contributed by atoms with van der Waals surface area (Å²) in [5.41, 5.74) is 7.90. The van der Waals surface area contributed by atoms with Gasteiger partial charge in [-0.15, -0.1) is 10.2 Å². The number of nitrogens with two attached hydrogens (primary N) is 1. The Morgan fingerprint density at radius 3 is 2.92 bits per heavy atom. The van der Waals surface area contributed by atoms with Crippen LogP contribution >= 0.6 is 0 Å². The SMILES string of the molecule is C=C/C=C(\C=C)N(C)c1nc2nncn2c2cc(C#CN)ccc12. The molecule has 2 aromatic heterocycles. The Bertz CT molecular complexity index is 1030. The van der Waals surface area contributed by atoms with E-state index in [1.165, 1.54) is 0 Å². The summed E-state index contributed by atoms with van der Waals surface area (Å²) in [5.74, 6) is 4.10. The minimum absolute atomic E-state index is 0.504. The van der Waals surface area contributed by atoms with Crippen LogP contribution in [0.3, 0.4) is 0 Å². The van der Waals surface area contributed by atoms with E-state index < -0.39 is 0 Å². The normalized spacial score (nSPS) is 11.1. The third-order valence-electron chi connectivity index (χ3n) is 3.65. The summed E-state index contributed by atoms with van der Waals surface area (Å²) in [6, 6.07) is 8.23. The number of benzene rings is 1. The molecular weight excluding hydrogens is 300 g/mol. The zero-order valence-corrected chi connectivity index (χ0v) is 13.3. The minimum atomic E-state index is 0.504. The predicted molar refractivity (Wildman–Crippen MR) is 96.2 cm³/mol. The lowest BCUT2D eigenvalue weighted by Crippen LogP contribution is -2.17. The van der Waals surface area contributed by atoms with Crippen molar-refractivity contribution in [3.8, 4) is 12.0 Å². The summed E-state index contributed by atoms with van der Waals surface area (Å²) in [5, 5.41) is 8.95. The van der Waals surface area contributed by atoms with Crippen LogP contribution in [0.1, 0.15) is 5.56 Å². The number of hydrogen-bond donors (Lipinski definition) is 1. The first-order valence-electron chi connectivity index (χ1n) is 7.23. The van der Waals surface area contributed by atoms with E-state index in [9.17, 15) is 0 Å². The average molecular weight is 316 g/mol. The van der Waals surface area contributed by atoms with E-state index in [0.717, 1.165) is 28.0 Å². The molecule has 6 heteroatoms. The van der Waals surface area contributed by atoms with Crippen molar-refractivity contribution in [2.24, 2.45) is 5.73 Å². The minimum Gasteiger partial charge on any atom is -0.359 e. The van der Waals surface area contributed by atoms with Gasteiger partial charge in [-0.1, -0.05) is 19.2 Å². The Balaban J connectivity index is 2.33. The molecule has 2 N–H and O–H groups in total. The lowest BCUT2D eigenvalue weighted by Gasteiger charge is -2.21. The second-order valence-corrected chi connectivity index (χ2v) is 5.03. The van der Waals surface area contributed by atoms with Gasteiger partial charge in [0.1, 0.15) is 12.1 Å².